The van der Waals surface area contributed by atoms with Gasteiger partial charge < -0.3 is 13.8 Å². The van der Waals surface area contributed by atoms with Gasteiger partial charge in [-0.3, -0.25) is 4.55 Å². The van der Waals surface area contributed by atoms with Crippen molar-refractivity contribution in [2.75, 3.05) is 30.1 Å². The van der Waals surface area contributed by atoms with Gasteiger partial charge in [-0.05, 0) is 68.5 Å². The molecule has 0 unspecified atom stereocenters. The Bertz CT molecular complexity index is 1190. The molecule has 210 valence electrons. The van der Waals surface area contributed by atoms with Crippen molar-refractivity contribution in [1.82, 2.24) is 0 Å². The fourth-order valence-corrected chi connectivity index (χ4v) is 8.80. The van der Waals surface area contributed by atoms with Gasteiger partial charge in [0.1, 0.15) is 15.9 Å². The molecule has 1 heterocycles. The lowest BCUT2D eigenvalue weighted by Gasteiger charge is -2.43. The number of nitrogens with zero attached hydrogens (tertiary/aromatic N) is 1. The van der Waals surface area contributed by atoms with Crippen molar-refractivity contribution in [2.45, 2.75) is 69.1 Å². The molecule has 1 aliphatic rings. The topological polar surface area (TPSA) is 76.1 Å². The molecule has 0 amide bonds. The van der Waals surface area contributed by atoms with Crippen molar-refractivity contribution in [3.05, 3.63) is 59.3 Å². The highest BCUT2D eigenvalue weighted by Gasteiger charge is 2.51. The molecule has 9 heteroatoms. The SMILES string of the molecule is CCCCC1(CCCC)CN(c2ccc(Br)cc2)c2cc(SC)ccc2S(=O)(O)(O/C=C\C(=O)OCC)C1. The van der Waals surface area contributed by atoms with E-state index in [1.54, 1.807) is 24.8 Å². The van der Waals surface area contributed by atoms with E-state index in [2.05, 4.69) is 34.7 Å². The largest absolute Gasteiger partial charge is 0.463 e. The Kier molecular flexibility index (Phi) is 10.5. The number of carbonyl (C=O) groups is 1. The lowest BCUT2D eigenvalue weighted by atomic mass is 9.79. The molecule has 1 aliphatic heterocycles. The second-order valence-corrected chi connectivity index (χ2v) is 14.6. The van der Waals surface area contributed by atoms with Crippen LogP contribution in [0.4, 0.5) is 11.4 Å². The van der Waals surface area contributed by atoms with Crippen LogP contribution in [-0.4, -0.2) is 39.9 Å². The number of halogens is 1. The van der Waals surface area contributed by atoms with E-state index in [0.29, 0.717) is 12.2 Å². The van der Waals surface area contributed by atoms with E-state index in [0.717, 1.165) is 65.9 Å². The molecule has 2 aromatic carbocycles. The van der Waals surface area contributed by atoms with E-state index in [1.165, 1.54) is 0 Å². The third kappa shape index (κ3) is 7.23. The highest BCUT2D eigenvalue weighted by molar-refractivity contribution is 9.10. The number of carbonyl (C=O) groups excluding carboxylic acids is 1. The van der Waals surface area contributed by atoms with Gasteiger partial charge in [0.05, 0.1) is 29.0 Å². The molecule has 0 spiro atoms. The van der Waals surface area contributed by atoms with E-state index in [1.807, 2.05) is 42.7 Å². The third-order valence-electron chi connectivity index (χ3n) is 6.95. The van der Waals surface area contributed by atoms with Crippen LogP contribution >= 0.6 is 27.7 Å². The van der Waals surface area contributed by atoms with Crippen LogP contribution in [0.1, 0.15) is 59.3 Å². The first-order valence-electron chi connectivity index (χ1n) is 13.2. The summed E-state index contributed by atoms with van der Waals surface area (Å²) in [4.78, 5) is 15.4. The van der Waals surface area contributed by atoms with Crippen LogP contribution in [-0.2, 0) is 23.3 Å². The van der Waals surface area contributed by atoms with Gasteiger partial charge in [-0.1, -0.05) is 55.5 Å². The average molecular weight is 627 g/mol. The Morgan fingerprint density at radius 2 is 1.79 bits per heavy atom. The predicted molar refractivity (Wildman–Crippen MR) is 162 cm³/mol. The highest BCUT2D eigenvalue weighted by Crippen LogP contribution is 2.53. The van der Waals surface area contributed by atoms with Crippen LogP contribution in [0, 0.1) is 5.41 Å². The number of ether oxygens (including phenoxy) is 1. The number of anilines is 2. The molecular weight excluding hydrogens is 586 g/mol. The molecule has 0 bridgehead atoms. The molecule has 1 N–H and O–H groups in total. The predicted octanol–water partition coefficient (Wildman–Crippen LogP) is 8.35. The maximum Gasteiger partial charge on any atom is 0.333 e. The first-order valence-corrected chi connectivity index (χ1v) is 17.3. The minimum Gasteiger partial charge on any atom is -0.463 e. The van der Waals surface area contributed by atoms with Gasteiger partial charge in [-0.15, -0.1) is 11.8 Å². The van der Waals surface area contributed by atoms with Gasteiger partial charge in [0.2, 0.25) is 0 Å². The minimum absolute atomic E-state index is 0.0456. The van der Waals surface area contributed by atoms with Gasteiger partial charge in [-0.2, -0.15) is 0 Å². The number of thioether (sulfide) groups is 1. The summed E-state index contributed by atoms with van der Waals surface area (Å²) in [6.07, 6.45) is 9.53. The molecule has 0 aromatic heterocycles. The molecule has 0 radical (unpaired) electrons. The number of benzene rings is 2. The normalized spacial score (nSPS) is 18.7. The van der Waals surface area contributed by atoms with E-state index < -0.39 is 21.0 Å². The minimum atomic E-state index is -4.94. The van der Waals surface area contributed by atoms with Crippen LogP contribution < -0.4 is 4.90 Å². The van der Waals surface area contributed by atoms with Gasteiger partial charge in [0, 0.05) is 27.0 Å². The molecule has 0 atom stereocenters. The average Bonchev–Trinajstić information content (AvgIpc) is 2.98. The van der Waals surface area contributed by atoms with Gasteiger partial charge >= 0.3 is 5.97 Å². The zero-order valence-electron chi connectivity index (χ0n) is 22.8. The van der Waals surface area contributed by atoms with E-state index >= 15 is 4.21 Å². The Balaban J connectivity index is 2.28. The Morgan fingerprint density at radius 1 is 1.13 bits per heavy atom. The van der Waals surface area contributed by atoms with Crippen molar-refractivity contribution in [3.63, 3.8) is 0 Å². The van der Waals surface area contributed by atoms with Crippen molar-refractivity contribution in [3.8, 4) is 0 Å². The molecule has 0 saturated carbocycles. The Hall–Kier alpha value is -1.81. The summed E-state index contributed by atoms with van der Waals surface area (Å²) < 4.78 is 39.1. The number of esters is 1. The van der Waals surface area contributed by atoms with Crippen LogP contribution in [0.5, 0.6) is 0 Å². The maximum atomic E-state index is 15.1. The quantitative estimate of drug-likeness (QED) is 0.110. The van der Waals surface area contributed by atoms with E-state index in [-0.39, 0.29) is 17.3 Å². The molecular formula is C29H40BrNO5S2. The fourth-order valence-electron chi connectivity index (χ4n) is 5.12. The van der Waals surface area contributed by atoms with E-state index in [9.17, 15) is 9.35 Å². The van der Waals surface area contributed by atoms with Crippen molar-refractivity contribution in [1.29, 1.82) is 0 Å². The Morgan fingerprint density at radius 3 is 2.37 bits per heavy atom. The zero-order valence-corrected chi connectivity index (χ0v) is 26.0. The van der Waals surface area contributed by atoms with Crippen LogP contribution in [0.15, 0.2) is 69.1 Å². The number of hydrogen-bond acceptors (Lipinski definition) is 6. The zero-order chi connectivity index (χ0) is 27.8. The molecule has 3 rings (SSSR count). The summed E-state index contributed by atoms with van der Waals surface area (Å²) >= 11 is 5.12. The first kappa shape index (κ1) is 30.7. The highest BCUT2D eigenvalue weighted by atomic mass is 79.9. The molecule has 0 aliphatic carbocycles. The molecule has 38 heavy (non-hydrogen) atoms. The van der Waals surface area contributed by atoms with Crippen LogP contribution in [0.25, 0.3) is 0 Å². The smallest absolute Gasteiger partial charge is 0.333 e. The number of fused-ring (bicyclic) bond motifs is 1. The van der Waals surface area contributed by atoms with Crippen molar-refractivity contribution >= 4 is 54.7 Å². The molecule has 6 nitrogen and oxygen atoms in total. The lowest BCUT2D eigenvalue weighted by Crippen LogP contribution is -2.47. The van der Waals surface area contributed by atoms with Crippen LogP contribution in [0.2, 0.25) is 0 Å². The molecule has 0 fully saturated rings. The maximum absolute atomic E-state index is 15.1. The van der Waals surface area contributed by atoms with Crippen molar-refractivity contribution in [2.24, 2.45) is 5.41 Å². The van der Waals surface area contributed by atoms with E-state index in [4.69, 9.17) is 8.92 Å². The number of rotatable bonds is 12. The van der Waals surface area contributed by atoms with Gasteiger partial charge in [0.25, 0.3) is 0 Å². The summed E-state index contributed by atoms with van der Waals surface area (Å²) in [5.74, 6) is -0.662. The summed E-state index contributed by atoms with van der Waals surface area (Å²) in [5, 5.41) is 0. The van der Waals surface area contributed by atoms with Crippen LogP contribution in [0.3, 0.4) is 0 Å². The monoisotopic (exact) mass is 625 g/mol. The summed E-state index contributed by atoms with van der Waals surface area (Å²) in [6, 6.07) is 13.6. The molecule has 2 aromatic rings. The summed E-state index contributed by atoms with van der Waals surface area (Å²) in [7, 11) is -4.94. The van der Waals surface area contributed by atoms with Gasteiger partial charge in [0.15, 0.2) is 0 Å². The fraction of sp³-hybridized carbons (Fsp3) is 0.483. The summed E-state index contributed by atoms with van der Waals surface area (Å²) in [6.45, 7) is 6.78. The number of unbranched alkanes of at least 4 members (excludes halogenated alkanes) is 2. The second-order valence-electron chi connectivity index (χ2n) is 9.88. The second kappa shape index (κ2) is 13.0. The standard InChI is InChI=1S/C29H40BrNO5S2/c1-5-8-17-29(18-9-6-2)21-31(24-12-10-23(30)11-13-24)26-20-25(37-4)14-15-27(26)38(33,34,22-29)36-19-16-28(32)35-7-3/h10-16,19-20H,5-9,17-18,21-22H2,1-4H3,(H,33,34)/b19-16-. The Labute approximate surface area is 240 Å². The van der Waals surface area contributed by atoms with Gasteiger partial charge in [-0.25, -0.2) is 9.00 Å². The summed E-state index contributed by atoms with van der Waals surface area (Å²) in [5.41, 5.74) is 1.11. The first-order chi connectivity index (χ1) is 18.1. The lowest BCUT2D eigenvalue weighted by molar-refractivity contribution is -0.137. The third-order valence-corrected chi connectivity index (χ3v) is 11.0. The van der Waals surface area contributed by atoms with Crippen molar-refractivity contribution < 1.29 is 22.5 Å². The molecule has 0 saturated heterocycles. The number of hydrogen-bond donors (Lipinski definition) is 1.